The number of ether oxygens (including phenoxy) is 1. The zero-order valence-corrected chi connectivity index (χ0v) is 10.7. The number of rotatable bonds is 3. The van der Waals surface area contributed by atoms with Gasteiger partial charge >= 0.3 is 5.97 Å². The van der Waals surface area contributed by atoms with Gasteiger partial charge in [-0.05, 0) is 42.8 Å². The number of aryl methyl sites for hydroxylation is 1. The van der Waals surface area contributed by atoms with E-state index in [0.29, 0.717) is 16.3 Å². The zero-order valence-electron chi connectivity index (χ0n) is 9.98. The molecule has 0 amide bonds. The minimum absolute atomic E-state index is 0.227. The first-order chi connectivity index (χ1) is 8.99. The average molecular weight is 281 g/mol. The van der Waals surface area contributed by atoms with Gasteiger partial charge in [0, 0.05) is 5.02 Å². The largest absolute Gasteiger partial charge is 0.478 e. The van der Waals surface area contributed by atoms with Gasteiger partial charge in [0.15, 0.2) is 11.6 Å². The maximum absolute atomic E-state index is 13.7. The first kappa shape index (κ1) is 13.4. The summed E-state index contributed by atoms with van der Waals surface area (Å²) in [5, 5.41) is 9.54. The maximum atomic E-state index is 13.7. The van der Waals surface area contributed by atoms with Gasteiger partial charge in [-0.1, -0.05) is 17.7 Å². The Bertz CT molecular complexity index is 641. The minimum Gasteiger partial charge on any atom is -0.478 e. The fraction of sp³-hybridized carbons (Fsp3) is 0.0714. The second kappa shape index (κ2) is 5.28. The van der Waals surface area contributed by atoms with Gasteiger partial charge in [-0.15, -0.1) is 0 Å². The number of benzene rings is 2. The number of para-hydroxylation sites is 1. The van der Waals surface area contributed by atoms with Gasteiger partial charge in [0.25, 0.3) is 0 Å². The summed E-state index contributed by atoms with van der Waals surface area (Å²) in [6.45, 7) is 1.74. The standard InChI is InChI=1S/C14H10ClFO3/c1-8-7-9(15)5-6-12(8)19-13-10(14(17)18)3-2-4-11(13)16/h2-7H,1H3,(H,17,18). The third-order valence-corrected chi connectivity index (χ3v) is 2.78. The highest BCUT2D eigenvalue weighted by molar-refractivity contribution is 6.30. The molecule has 0 aromatic heterocycles. The molecule has 0 bridgehead atoms. The van der Waals surface area contributed by atoms with Crippen molar-refractivity contribution in [1.29, 1.82) is 0 Å². The molecule has 0 unspecified atom stereocenters. The molecule has 0 aliphatic rings. The predicted octanol–water partition coefficient (Wildman–Crippen LogP) is 4.28. The van der Waals surface area contributed by atoms with Crippen LogP contribution in [0.25, 0.3) is 0 Å². The first-order valence-corrected chi connectivity index (χ1v) is 5.82. The molecule has 0 spiro atoms. The number of carboxylic acids is 1. The lowest BCUT2D eigenvalue weighted by Crippen LogP contribution is -2.02. The summed E-state index contributed by atoms with van der Waals surface area (Å²) in [5.41, 5.74) is 0.460. The van der Waals surface area contributed by atoms with Crippen LogP contribution in [0.1, 0.15) is 15.9 Å². The number of carboxylic acid groups (broad SMARTS) is 1. The number of hydrogen-bond acceptors (Lipinski definition) is 2. The molecule has 98 valence electrons. The molecule has 5 heteroatoms. The Kier molecular flexibility index (Phi) is 3.71. The van der Waals surface area contributed by atoms with E-state index in [-0.39, 0.29) is 11.3 Å². The molecular formula is C14H10ClFO3. The lowest BCUT2D eigenvalue weighted by Gasteiger charge is -2.11. The molecule has 0 fully saturated rings. The van der Waals surface area contributed by atoms with E-state index < -0.39 is 11.8 Å². The Labute approximate surface area is 114 Å². The molecule has 19 heavy (non-hydrogen) atoms. The first-order valence-electron chi connectivity index (χ1n) is 5.45. The molecular weight excluding hydrogens is 271 g/mol. The van der Waals surface area contributed by atoms with Gasteiger partial charge in [-0.3, -0.25) is 0 Å². The van der Waals surface area contributed by atoms with Crippen molar-refractivity contribution >= 4 is 17.6 Å². The summed E-state index contributed by atoms with van der Waals surface area (Å²) >= 11 is 5.81. The minimum atomic E-state index is -1.25. The van der Waals surface area contributed by atoms with E-state index in [4.69, 9.17) is 21.4 Å². The van der Waals surface area contributed by atoms with Crippen LogP contribution in [-0.4, -0.2) is 11.1 Å². The number of carbonyl (C=O) groups is 1. The summed E-state index contributed by atoms with van der Waals surface area (Å²) in [4.78, 5) is 11.0. The maximum Gasteiger partial charge on any atom is 0.339 e. The summed E-state index contributed by atoms with van der Waals surface area (Å²) in [5.74, 6) is -1.92. The molecule has 0 heterocycles. The van der Waals surface area contributed by atoms with Crippen LogP contribution < -0.4 is 4.74 Å². The summed E-state index contributed by atoms with van der Waals surface area (Å²) in [7, 11) is 0. The third-order valence-electron chi connectivity index (χ3n) is 2.55. The number of halogens is 2. The number of hydrogen-bond donors (Lipinski definition) is 1. The lowest BCUT2D eigenvalue weighted by atomic mass is 10.2. The quantitative estimate of drug-likeness (QED) is 0.913. The topological polar surface area (TPSA) is 46.5 Å². The van der Waals surface area contributed by atoms with Crippen molar-refractivity contribution in [2.24, 2.45) is 0 Å². The summed E-state index contributed by atoms with van der Waals surface area (Å²) in [6, 6.07) is 8.55. The molecule has 0 aliphatic carbocycles. The lowest BCUT2D eigenvalue weighted by molar-refractivity contribution is 0.0693. The van der Waals surface area contributed by atoms with Gasteiger partial charge in [-0.2, -0.15) is 0 Å². The van der Waals surface area contributed by atoms with Crippen molar-refractivity contribution in [3.05, 3.63) is 58.4 Å². The fourth-order valence-electron chi connectivity index (χ4n) is 1.62. The fourth-order valence-corrected chi connectivity index (χ4v) is 1.84. The van der Waals surface area contributed by atoms with Crippen LogP contribution in [0.15, 0.2) is 36.4 Å². The van der Waals surface area contributed by atoms with Crippen molar-refractivity contribution in [2.75, 3.05) is 0 Å². The van der Waals surface area contributed by atoms with E-state index in [2.05, 4.69) is 0 Å². The molecule has 2 rings (SSSR count). The highest BCUT2D eigenvalue weighted by Gasteiger charge is 2.17. The average Bonchev–Trinajstić information content (AvgIpc) is 2.34. The van der Waals surface area contributed by atoms with E-state index in [1.54, 1.807) is 25.1 Å². The van der Waals surface area contributed by atoms with E-state index in [1.165, 1.54) is 12.1 Å². The van der Waals surface area contributed by atoms with Gasteiger partial charge in [-0.25, -0.2) is 9.18 Å². The van der Waals surface area contributed by atoms with Crippen molar-refractivity contribution in [3.63, 3.8) is 0 Å². The van der Waals surface area contributed by atoms with Gasteiger partial charge < -0.3 is 9.84 Å². The molecule has 0 saturated heterocycles. The van der Waals surface area contributed by atoms with Crippen LogP contribution in [-0.2, 0) is 0 Å². The normalized spacial score (nSPS) is 10.3. The van der Waals surface area contributed by atoms with E-state index in [9.17, 15) is 9.18 Å². The van der Waals surface area contributed by atoms with E-state index >= 15 is 0 Å². The highest BCUT2D eigenvalue weighted by Crippen LogP contribution is 2.31. The van der Waals surface area contributed by atoms with Crippen LogP contribution >= 0.6 is 11.6 Å². The van der Waals surface area contributed by atoms with Crippen LogP contribution in [0, 0.1) is 12.7 Å². The third kappa shape index (κ3) is 2.85. The zero-order chi connectivity index (χ0) is 14.0. The van der Waals surface area contributed by atoms with Crippen LogP contribution in [0.3, 0.4) is 0 Å². The second-order valence-corrected chi connectivity index (χ2v) is 4.37. The molecule has 0 atom stereocenters. The second-order valence-electron chi connectivity index (χ2n) is 3.93. The molecule has 0 aliphatic heterocycles. The van der Waals surface area contributed by atoms with E-state index in [0.717, 1.165) is 6.07 Å². The van der Waals surface area contributed by atoms with Gasteiger partial charge in [0.05, 0.1) is 0 Å². The van der Waals surface area contributed by atoms with Crippen molar-refractivity contribution in [3.8, 4) is 11.5 Å². The Balaban J connectivity index is 2.46. The van der Waals surface area contributed by atoms with Crippen LogP contribution in [0.2, 0.25) is 5.02 Å². The van der Waals surface area contributed by atoms with Crippen LogP contribution in [0.5, 0.6) is 11.5 Å². The Morgan fingerprint density at radius 1 is 1.32 bits per heavy atom. The molecule has 1 N–H and O–H groups in total. The molecule has 2 aromatic rings. The predicted molar refractivity (Wildman–Crippen MR) is 69.6 cm³/mol. The highest BCUT2D eigenvalue weighted by atomic mass is 35.5. The Morgan fingerprint density at radius 2 is 2.05 bits per heavy atom. The van der Waals surface area contributed by atoms with Crippen molar-refractivity contribution in [1.82, 2.24) is 0 Å². The van der Waals surface area contributed by atoms with Crippen molar-refractivity contribution < 1.29 is 19.0 Å². The molecule has 2 aromatic carbocycles. The van der Waals surface area contributed by atoms with Gasteiger partial charge in [0.2, 0.25) is 0 Å². The molecule has 0 radical (unpaired) electrons. The molecule has 0 saturated carbocycles. The van der Waals surface area contributed by atoms with E-state index in [1.807, 2.05) is 0 Å². The van der Waals surface area contributed by atoms with Crippen LogP contribution in [0.4, 0.5) is 4.39 Å². The van der Waals surface area contributed by atoms with Crippen molar-refractivity contribution in [2.45, 2.75) is 6.92 Å². The Hall–Kier alpha value is -2.07. The number of aromatic carboxylic acids is 1. The summed E-state index contributed by atoms with van der Waals surface area (Å²) < 4.78 is 19.1. The summed E-state index contributed by atoms with van der Waals surface area (Å²) in [6.07, 6.45) is 0. The molecule has 3 nitrogen and oxygen atoms in total. The van der Waals surface area contributed by atoms with Gasteiger partial charge in [0.1, 0.15) is 11.3 Å². The smallest absolute Gasteiger partial charge is 0.339 e. The monoisotopic (exact) mass is 280 g/mol. The SMILES string of the molecule is Cc1cc(Cl)ccc1Oc1c(F)cccc1C(=O)O. The Morgan fingerprint density at radius 3 is 2.68 bits per heavy atom.